The third-order valence-electron chi connectivity index (χ3n) is 3.32. The van der Waals surface area contributed by atoms with Crippen molar-refractivity contribution in [3.8, 4) is 0 Å². The highest BCUT2D eigenvalue weighted by molar-refractivity contribution is 5.75. The maximum atomic E-state index is 12.6. The van der Waals surface area contributed by atoms with E-state index in [0.717, 1.165) is 30.8 Å². The molecule has 0 saturated carbocycles. The third kappa shape index (κ3) is 4.93. The van der Waals surface area contributed by atoms with E-state index in [1.54, 1.807) is 0 Å². The Morgan fingerprint density at radius 2 is 1.67 bits per heavy atom. The molecule has 0 aromatic heterocycles. The Morgan fingerprint density at radius 1 is 1.14 bits per heavy atom. The van der Waals surface area contributed by atoms with E-state index in [1.807, 2.05) is 13.8 Å². The standard InChI is InChI=1S/C14H21F3N4/c1-3-21(4-2)12(9-20-13(18)19)10-5-7-11(8-6-10)14(15,16)17/h5-8,12H,3-4,9H2,1-2H3,(H4,18,19,20). The lowest BCUT2D eigenvalue weighted by molar-refractivity contribution is -0.137. The number of likely N-dealkylation sites (N-methyl/N-ethyl adjacent to an activating group) is 1. The lowest BCUT2D eigenvalue weighted by Gasteiger charge is -2.29. The molecule has 0 aliphatic carbocycles. The molecular formula is C14H21F3N4. The van der Waals surface area contributed by atoms with Gasteiger partial charge in [0.15, 0.2) is 5.96 Å². The van der Waals surface area contributed by atoms with Gasteiger partial charge in [0, 0.05) is 0 Å². The Balaban J connectivity index is 3.05. The number of nitrogens with zero attached hydrogens (tertiary/aromatic N) is 2. The Labute approximate surface area is 122 Å². The number of hydrogen-bond donors (Lipinski definition) is 2. The van der Waals surface area contributed by atoms with Crippen molar-refractivity contribution < 1.29 is 13.2 Å². The zero-order valence-electron chi connectivity index (χ0n) is 12.2. The number of rotatable bonds is 6. The molecule has 1 aromatic rings. The molecule has 4 nitrogen and oxygen atoms in total. The van der Waals surface area contributed by atoms with Crippen molar-refractivity contribution in [3.63, 3.8) is 0 Å². The van der Waals surface area contributed by atoms with Crippen LogP contribution in [0, 0.1) is 0 Å². The Bertz CT molecular complexity index is 460. The quantitative estimate of drug-likeness (QED) is 0.626. The summed E-state index contributed by atoms with van der Waals surface area (Å²) >= 11 is 0. The van der Waals surface area contributed by atoms with Gasteiger partial charge >= 0.3 is 6.18 Å². The Morgan fingerprint density at radius 3 is 2.05 bits per heavy atom. The first-order valence-corrected chi connectivity index (χ1v) is 6.76. The number of aliphatic imine (C=N–C) groups is 1. The number of guanidine groups is 1. The molecular weight excluding hydrogens is 281 g/mol. The molecule has 0 fully saturated rings. The van der Waals surface area contributed by atoms with Gasteiger partial charge in [-0.15, -0.1) is 0 Å². The van der Waals surface area contributed by atoms with Crippen LogP contribution in [0.1, 0.15) is 31.0 Å². The molecule has 1 rings (SSSR count). The van der Waals surface area contributed by atoms with E-state index < -0.39 is 11.7 Å². The second-order valence-electron chi connectivity index (χ2n) is 4.62. The molecule has 7 heteroatoms. The molecule has 118 valence electrons. The molecule has 0 amide bonds. The van der Waals surface area contributed by atoms with E-state index in [4.69, 9.17) is 11.5 Å². The van der Waals surface area contributed by atoms with Gasteiger partial charge in [-0.3, -0.25) is 9.89 Å². The first-order chi connectivity index (χ1) is 9.79. The largest absolute Gasteiger partial charge is 0.416 e. The highest BCUT2D eigenvalue weighted by atomic mass is 19.4. The predicted molar refractivity (Wildman–Crippen MR) is 77.8 cm³/mol. The fourth-order valence-corrected chi connectivity index (χ4v) is 2.18. The van der Waals surface area contributed by atoms with Crippen molar-refractivity contribution in [2.24, 2.45) is 16.5 Å². The molecule has 0 bridgehead atoms. The van der Waals surface area contributed by atoms with E-state index in [9.17, 15) is 13.2 Å². The van der Waals surface area contributed by atoms with Crippen molar-refractivity contribution in [3.05, 3.63) is 35.4 Å². The normalized spacial score (nSPS) is 13.2. The predicted octanol–water partition coefficient (Wildman–Crippen LogP) is 2.36. The average molecular weight is 302 g/mol. The summed E-state index contributed by atoms with van der Waals surface area (Å²) in [5.74, 6) is -0.0286. The van der Waals surface area contributed by atoms with Gasteiger partial charge in [0.25, 0.3) is 0 Å². The molecule has 0 aliphatic rings. The van der Waals surface area contributed by atoms with Gasteiger partial charge < -0.3 is 11.5 Å². The summed E-state index contributed by atoms with van der Waals surface area (Å²) in [6.07, 6.45) is -4.33. The van der Waals surface area contributed by atoms with Crippen LogP contribution in [0.15, 0.2) is 29.3 Å². The zero-order valence-corrected chi connectivity index (χ0v) is 12.2. The van der Waals surface area contributed by atoms with Crippen molar-refractivity contribution >= 4 is 5.96 Å². The van der Waals surface area contributed by atoms with E-state index in [0.29, 0.717) is 6.54 Å². The summed E-state index contributed by atoms with van der Waals surface area (Å²) in [6, 6.07) is 4.98. The minimum absolute atomic E-state index is 0.0286. The van der Waals surface area contributed by atoms with Gasteiger partial charge in [0.05, 0.1) is 18.2 Å². The molecule has 1 aromatic carbocycles. The van der Waals surface area contributed by atoms with Crippen LogP contribution < -0.4 is 11.5 Å². The summed E-state index contributed by atoms with van der Waals surface area (Å²) < 4.78 is 37.8. The van der Waals surface area contributed by atoms with Crippen LogP contribution in [0.4, 0.5) is 13.2 Å². The summed E-state index contributed by atoms with van der Waals surface area (Å²) in [6.45, 7) is 5.78. The summed E-state index contributed by atoms with van der Waals surface area (Å²) in [5, 5.41) is 0. The van der Waals surface area contributed by atoms with Crippen LogP contribution in [-0.4, -0.2) is 30.5 Å². The molecule has 4 N–H and O–H groups in total. The van der Waals surface area contributed by atoms with Crippen LogP contribution in [0.3, 0.4) is 0 Å². The topological polar surface area (TPSA) is 67.6 Å². The van der Waals surface area contributed by atoms with Crippen molar-refractivity contribution in [1.82, 2.24) is 4.90 Å². The summed E-state index contributed by atoms with van der Waals surface area (Å²) in [5.41, 5.74) is 10.8. The number of halogens is 3. The number of nitrogens with two attached hydrogens (primary N) is 2. The summed E-state index contributed by atoms with van der Waals surface area (Å²) in [7, 11) is 0. The van der Waals surface area contributed by atoms with Crippen molar-refractivity contribution in [2.75, 3.05) is 19.6 Å². The average Bonchev–Trinajstić information content (AvgIpc) is 2.42. The van der Waals surface area contributed by atoms with Crippen LogP contribution in [0.5, 0.6) is 0 Å². The maximum Gasteiger partial charge on any atom is 0.416 e. The number of hydrogen-bond acceptors (Lipinski definition) is 2. The fourth-order valence-electron chi connectivity index (χ4n) is 2.18. The molecule has 0 spiro atoms. The second-order valence-corrected chi connectivity index (χ2v) is 4.62. The highest BCUT2D eigenvalue weighted by Gasteiger charge is 2.30. The first kappa shape index (κ1) is 17.3. The molecule has 1 unspecified atom stereocenters. The minimum atomic E-state index is -4.33. The van der Waals surface area contributed by atoms with Gasteiger partial charge in [-0.25, -0.2) is 0 Å². The molecule has 0 aliphatic heterocycles. The first-order valence-electron chi connectivity index (χ1n) is 6.76. The van der Waals surface area contributed by atoms with E-state index in [-0.39, 0.29) is 12.0 Å². The van der Waals surface area contributed by atoms with E-state index in [1.165, 1.54) is 12.1 Å². The van der Waals surface area contributed by atoms with Crippen LogP contribution in [0.25, 0.3) is 0 Å². The van der Waals surface area contributed by atoms with Gasteiger partial charge in [-0.05, 0) is 30.8 Å². The van der Waals surface area contributed by atoms with Gasteiger partial charge in [-0.2, -0.15) is 13.2 Å². The van der Waals surface area contributed by atoms with E-state index >= 15 is 0 Å². The third-order valence-corrected chi connectivity index (χ3v) is 3.32. The smallest absolute Gasteiger partial charge is 0.370 e. The maximum absolute atomic E-state index is 12.6. The number of alkyl halides is 3. The van der Waals surface area contributed by atoms with Gasteiger partial charge in [-0.1, -0.05) is 26.0 Å². The van der Waals surface area contributed by atoms with E-state index in [2.05, 4.69) is 9.89 Å². The van der Waals surface area contributed by atoms with Crippen LogP contribution in [0.2, 0.25) is 0 Å². The minimum Gasteiger partial charge on any atom is -0.370 e. The lowest BCUT2D eigenvalue weighted by atomic mass is 10.0. The van der Waals surface area contributed by atoms with Crippen LogP contribution >= 0.6 is 0 Å². The lowest BCUT2D eigenvalue weighted by Crippen LogP contribution is -2.32. The SMILES string of the molecule is CCN(CC)C(CN=C(N)N)c1ccc(C(F)(F)F)cc1. The monoisotopic (exact) mass is 302 g/mol. The van der Waals surface area contributed by atoms with Gasteiger partial charge in [0.2, 0.25) is 0 Å². The molecule has 1 atom stereocenters. The second kappa shape index (κ2) is 7.31. The van der Waals surface area contributed by atoms with Crippen molar-refractivity contribution in [2.45, 2.75) is 26.1 Å². The zero-order chi connectivity index (χ0) is 16.0. The van der Waals surface area contributed by atoms with Crippen LogP contribution in [-0.2, 0) is 6.18 Å². The Kier molecular flexibility index (Phi) is 6.02. The molecule has 0 radical (unpaired) electrons. The highest BCUT2D eigenvalue weighted by Crippen LogP contribution is 2.30. The molecule has 0 saturated heterocycles. The summed E-state index contributed by atoms with van der Waals surface area (Å²) in [4.78, 5) is 6.09. The van der Waals surface area contributed by atoms with Crippen molar-refractivity contribution in [1.29, 1.82) is 0 Å². The molecule has 21 heavy (non-hydrogen) atoms. The fraction of sp³-hybridized carbons (Fsp3) is 0.500. The molecule has 0 heterocycles. The Hall–Kier alpha value is -1.76. The number of benzene rings is 1. The van der Waals surface area contributed by atoms with Gasteiger partial charge in [0.1, 0.15) is 0 Å².